The lowest BCUT2D eigenvalue weighted by molar-refractivity contribution is -0.138. The molecule has 2 N–H and O–H groups in total. The predicted molar refractivity (Wildman–Crippen MR) is 60.9 cm³/mol. The Kier molecular flexibility index (Phi) is 10.5. The molecular formula is C9H16N4O5. The molecule has 0 aromatic rings. The molecule has 0 unspecified atom stereocenters. The van der Waals surface area contributed by atoms with Gasteiger partial charge in [-0.15, -0.1) is 0 Å². The van der Waals surface area contributed by atoms with E-state index < -0.39 is 5.97 Å². The summed E-state index contributed by atoms with van der Waals surface area (Å²) < 4.78 is 10.1. The fraction of sp³-hybridized carbons (Fsp3) is 0.778. The zero-order valence-corrected chi connectivity index (χ0v) is 9.87. The normalized spacial score (nSPS) is 9.56. The minimum absolute atomic E-state index is 0.0323. The second kappa shape index (κ2) is 11.6. The van der Waals surface area contributed by atoms with Gasteiger partial charge in [0.1, 0.15) is 6.54 Å². The molecule has 0 spiro atoms. The van der Waals surface area contributed by atoms with E-state index >= 15 is 0 Å². The number of hydrogen-bond acceptors (Lipinski definition) is 5. The molecule has 9 nitrogen and oxygen atoms in total. The van der Waals surface area contributed by atoms with Crippen LogP contribution in [0, 0.1) is 0 Å². The molecule has 0 aliphatic carbocycles. The minimum atomic E-state index is -0.904. The molecule has 0 aromatic carbocycles. The van der Waals surface area contributed by atoms with E-state index in [4.69, 9.17) is 20.1 Å². The Bertz CT molecular complexity index is 303. The smallest absolute Gasteiger partial charge is 0.305 e. The summed E-state index contributed by atoms with van der Waals surface area (Å²) in [5.41, 5.74) is 7.96. The van der Waals surface area contributed by atoms with Crippen LogP contribution in [-0.2, 0) is 19.1 Å². The second-order valence-electron chi connectivity index (χ2n) is 3.11. The van der Waals surface area contributed by atoms with Crippen molar-refractivity contribution in [1.29, 1.82) is 0 Å². The summed E-state index contributed by atoms with van der Waals surface area (Å²) in [6.07, 6.45) is -0.0323. The number of ether oxygens (including phenoxy) is 2. The lowest BCUT2D eigenvalue weighted by Crippen LogP contribution is -2.29. The molecule has 102 valence electrons. The third-order valence-electron chi connectivity index (χ3n) is 1.68. The highest BCUT2D eigenvalue weighted by Gasteiger charge is 1.98. The van der Waals surface area contributed by atoms with Gasteiger partial charge in [-0.25, -0.2) is 0 Å². The first-order valence-electron chi connectivity index (χ1n) is 5.31. The maximum atomic E-state index is 10.9. The van der Waals surface area contributed by atoms with Crippen LogP contribution in [0.3, 0.4) is 0 Å². The van der Waals surface area contributed by atoms with E-state index in [1.807, 2.05) is 0 Å². The molecule has 0 fully saturated rings. The van der Waals surface area contributed by atoms with Crippen molar-refractivity contribution in [3.8, 4) is 0 Å². The summed E-state index contributed by atoms with van der Waals surface area (Å²) in [6, 6.07) is 0. The summed E-state index contributed by atoms with van der Waals surface area (Å²) in [7, 11) is 0. The molecular weight excluding hydrogens is 244 g/mol. The van der Waals surface area contributed by atoms with Crippen LogP contribution in [0.1, 0.15) is 6.42 Å². The van der Waals surface area contributed by atoms with Crippen molar-refractivity contribution >= 4 is 11.9 Å². The van der Waals surface area contributed by atoms with E-state index in [1.54, 1.807) is 0 Å². The van der Waals surface area contributed by atoms with E-state index in [1.165, 1.54) is 0 Å². The number of carboxylic acid groups (broad SMARTS) is 1. The van der Waals surface area contributed by atoms with Gasteiger partial charge in [-0.05, 0) is 5.53 Å². The van der Waals surface area contributed by atoms with Crippen LogP contribution >= 0.6 is 0 Å². The van der Waals surface area contributed by atoms with E-state index in [9.17, 15) is 9.59 Å². The Morgan fingerprint density at radius 1 is 1.22 bits per heavy atom. The highest BCUT2D eigenvalue weighted by atomic mass is 16.5. The third-order valence-corrected chi connectivity index (χ3v) is 1.68. The molecule has 0 aliphatic heterocycles. The van der Waals surface area contributed by atoms with Gasteiger partial charge in [0.15, 0.2) is 0 Å². The van der Waals surface area contributed by atoms with E-state index in [0.29, 0.717) is 26.4 Å². The van der Waals surface area contributed by atoms with Crippen molar-refractivity contribution in [2.75, 3.05) is 39.5 Å². The lowest BCUT2D eigenvalue weighted by atomic mass is 10.5. The topological polar surface area (TPSA) is 134 Å². The number of hydrogen-bond donors (Lipinski definition) is 2. The van der Waals surface area contributed by atoms with Gasteiger partial charge in [-0.2, -0.15) is 0 Å². The molecule has 9 heteroatoms. The number of amides is 1. The summed E-state index contributed by atoms with van der Waals surface area (Å²) in [5, 5.41) is 13.9. The van der Waals surface area contributed by atoms with Crippen LogP contribution < -0.4 is 5.32 Å². The molecule has 0 bridgehead atoms. The average Bonchev–Trinajstić information content (AvgIpc) is 2.34. The van der Waals surface area contributed by atoms with Crippen molar-refractivity contribution in [2.45, 2.75) is 6.42 Å². The fourth-order valence-electron chi connectivity index (χ4n) is 0.896. The first-order valence-corrected chi connectivity index (χ1v) is 5.31. The third kappa shape index (κ3) is 12.2. The summed E-state index contributed by atoms with van der Waals surface area (Å²) in [6.45, 7) is 1.18. The van der Waals surface area contributed by atoms with Crippen LogP contribution in [0.4, 0.5) is 0 Å². The number of nitrogens with zero attached hydrogens (tertiary/aromatic N) is 3. The zero-order chi connectivity index (χ0) is 13.6. The van der Waals surface area contributed by atoms with Crippen LogP contribution in [-0.4, -0.2) is 56.5 Å². The number of azide groups is 1. The number of carbonyl (C=O) groups is 2. The molecule has 0 radical (unpaired) electrons. The average molecular weight is 260 g/mol. The Labute approximate surface area is 104 Å². The minimum Gasteiger partial charge on any atom is -0.481 e. The Morgan fingerprint density at radius 3 is 2.50 bits per heavy atom. The van der Waals surface area contributed by atoms with Gasteiger partial charge < -0.3 is 19.9 Å². The van der Waals surface area contributed by atoms with Crippen LogP contribution in [0.15, 0.2) is 5.11 Å². The number of aliphatic carboxylic acids is 1. The Balaban J connectivity index is 3.18. The van der Waals surface area contributed by atoms with Gasteiger partial charge in [-0.3, -0.25) is 9.59 Å². The van der Waals surface area contributed by atoms with Crippen molar-refractivity contribution in [2.24, 2.45) is 5.11 Å². The van der Waals surface area contributed by atoms with Gasteiger partial charge in [-0.1, -0.05) is 5.11 Å². The molecule has 0 saturated heterocycles. The fourth-order valence-corrected chi connectivity index (χ4v) is 0.896. The van der Waals surface area contributed by atoms with Crippen molar-refractivity contribution in [3.63, 3.8) is 0 Å². The molecule has 18 heavy (non-hydrogen) atoms. The van der Waals surface area contributed by atoms with Gasteiger partial charge >= 0.3 is 5.97 Å². The van der Waals surface area contributed by atoms with Crippen LogP contribution in [0.25, 0.3) is 10.4 Å². The van der Waals surface area contributed by atoms with Gasteiger partial charge in [0.25, 0.3) is 0 Å². The zero-order valence-electron chi connectivity index (χ0n) is 9.87. The molecule has 1 amide bonds. The largest absolute Gasteiger partial charge is 0.481 e. The molecule has 0 aromatic heterocycles. The number of rotatable bonds is 11. The maximum absolute atomic E-state index is 10.9. The summed E-state index contributed by atoms with van der Waals surface area (Å²) in [4.78, 5) is 23.5. The number of nitrogens with one attached hydrogen (secondary N) is 1. The highest BCUT2D eigenvalue weighted by Crippen LogP contribution is 1.83. The number of carbonyl (C=O) groups excluding carboxylic acids is 1. The second-order valence-corrected chi connectivity index (χ2v) is 3.11. The summed E-state index contributed by atoms with van der Waals surface area (Å²) >= 11 is 0. The maximum Gasteiger partial charge on any atom is 0.305 e. The van der Waals surface area contributed by atoms with Crippen LogP contribution in [0.2, 0.25) is 0 Å². The lowest BCUT2D eigenvalue weighted by Gasteiger charge is -2.05. The van der Waals surface area contributed by atoms with Gasteiger partial charge in [0.2, 0.25) is 5.91 Å². The predicted octanol–water partition coefficient (Wildman–Crippen LogP) is -0.0792. The number of carboxylic acids is 1. The van der Waals surface area contributed by atoms with Crippen molar-refractivity contribution < 1.29 is 24.2 Å². The first kappa shape index (κ1) is 16.2. The Morgan fingerprint density at radius 2 is 1.89 bits per heavy atom. The molecule has 0 aliphatic rings. The van der Waals surface area contributed by atoms with Gasteiger partial charge in [0.05, 0.1) is 32.8 Å². The molecule has 0 heterocycles. The molecule has 0 rings (SSSR count). The van der Waals surface area contributed by atoms with Gasteiger partial charge in [0, 0.05) is 11.5 Å². The molecule has 0 atom stereocenters. The first-order chi connectivity index (χ1) is 8.66. The van der Waals surface area contributed by atoms with Crippen molar-refractivity contribution in [1.82, 2.24) is 5.32 Å². The van der Waals surface area contributed by atoms with E-state index in [2.05, 4.69) is 15.3 Å². The van der Waals surface area contributed by atoms with E-state index in [-0.39, 0.29) is 25.5 Å². The van der Waals surface area contributed by atoms with E-state index in [0.717, 1.165) is 0 Å². The Hall–Kier alpha value is -1.83. The van der Waals surface area contributed by atoms with Crippen LogP contribution in [0.5, 0.6) is 0 Å². The monoisotopic (exact) mass is 260 g/mol. The quantitative estimate of drug-likeness (QED) is 0.232. The highest BCUT2D eigenvalue weighted by molar-refractivity contribution is 5.78. The SMILES string of the molecule is [N-]=[N+]=NCC(=O)NCCOCCOCCC(=O)O. The summed E-state index contributed by atoms with van der Waals surface area (Å²) in [5.74, 6) is -1.27. The standard InChI is InChI=1S/C9H16N4O5/c10-13-12-7-8(14)11-2-4-18-6-5-17-3-1-9(15)16/h1-7H2,(H,11,14)(H,15,16). The van der Waals surface area contributed by atoms with Crippen molar-refractivity contribution in [3.05, 3.63) is 10.4 Å². The molecule has 0 saturated carbocycles.